The summed E-state index contributed by atoms with van der Waals surface area (Å²) in [5, 5.41) is 3.17. The van der Waals surface area contributed by atoms with Crippen LogP contribution in [0.1, 0.15) is 25.1 Å². The smallest absolute Gasteiger partial charge is 0.332 e. The van der Waals surface area contributed by atoms with E-state index in [4.69, 9.17) is 5.73 Å². The predicted octanol–water partition coefficient (Wildman–Crippen LogP) is 1.71. The van der Waals surface area contributed by atoms with Crippen molar-refractivity contribution < 1.29 is 22.1 Å². The van der Waals surface area contributed by atoms with Crippen molar-refractivity contribution >= 4 is 0 Å². The van der Waals surface area contributed by atoms with Gasteiger partial charge in [0.25, 0.3) is 0 Å². The van der Waals surface area contributed by atoms with E-state index in [1.54, 1.807) is 6.92 Å². The van der Waals surface area contributed by atoms with Crippen molar-refractivity contribution in [1.82, 2.24) is 10.1 Å². The van der Waals surface area contributed by atoms with Gasteiger partial charge < -0.3 is 10.3 Å². The number of alkyl halides is 4. The molecule has 0 radical (unpaired) electrons. The van der Waals surface area contributed by atoms with Gasteiger partial charge in [-0.2, -0.15) is 13.8 Å². The molecule has 1 aromatic heterocycles. The van der Waals surface area contributed by atoms with Gasteiger partial charge in [0.1, 0.15) is 0 Å². The Hall–Kier alpha value is -1.18. The Labute approximate surface area is 88.8 Å². The lowest BCUT2D eigenvalue weighted by atomic mass is 10.2. The number of aromatic nitrogens is 2. The van der Waals surface area contributed by atoms with Crippen LogP contribution in [-0.4, -0.2) is 22.6 Å². The van der Waals surface area contributed by atoms with Crippen molar-refractivity contribution in [1.29, 1.82) is 0 Å². The first-order valence-corrected chi connectivity index (χ1v) is 4.62. The van der Waals surface area contributed by atoms with Crippen molar-refractivity contribution in [2.24, 2.45) is 5.73 Å². The van der Waals surface area contributed by atoms with Crippen LogP contribution in [0.2, 0.25) is 0 Å². The first-order chi connectivity index (χ1) is 7.37. The largest absolute Gasteiger partial charge is 0.383 e. The first kappa shape index (κ1) is 12.9. The molecule has 0 aliphatic heterocycles. The van der Waals surface area contributed by atoms with Crippen LogP contribution in [0.3, 0.4) is 0 Å². The van der Waals surface area contributed by atoms with Gasteiger partial charge in [-0.3, -0.25) is 0 Å². The summed E-state index contributed by atoms with van der Waals surface area (Å²) in [6, 6.07) is -0.314. The van der Waals surface area contributed by atoms with Crippen LogP contribution in [0.25, 0.3) is 0 Å². The molecule has 4 nitrogen and oxygen atoms in total. The number of hydrogen-bond acceptors (Lipinski definition) is 4. The second-order valence-electron chi connectivity index (χ2n) is 3.31. The summed E-state index contributed by atoms with van der Waals surface area (Å²) in [6.07, 6.45) is -3.17. The highest BCUT2D eigenvalue weighted by Gasteiger charge is 2.48. The first-order valence-electron chi connectivity index (χ1n) is 4.62. The molecule has 1 atom stereocenters. The maximum atomic E-state index is 12.7. The molecule has 0 amide bonds. The van der Waals surface area contributed by atoms with Crippen molar-refractivity contribution in [3.05, 3.63) is 11.7 Å². The molecule has 0 aliphatic carbocycles. The fraction of sp³-hybridized carbons (Fsp3) is 0.750. The molecule has 0 aromatic carbocycles. The van der Waals surface area contributed by atoms with Crippen LogP contribution in [0.4, 0.5) is 17.6 Å². The van der Waals surface area contributed by atoms with E-state index in [0.717, 1.165) is 0 Å². The van der Waals surface area contributed by atoms with E-state index >= 15 is 0 Å². The van der Waals surface area contributed by atoms with E-state index in [0.29, 0.717) is 6.42 Å². The molecule has 92 valence electrons. The molecule has 1 heterocycles. The molecule has 1 unspecified atom stereocenters. The van der Waals surface area contributed by atoms with E-state index < -0.39 is 18.2 Å². The SMILES string of the molecule is CCC(N)Cc1noc(C(F)(F)C(F)F)n1. The molecule has 0 saturated heterocycles. The van der Waals surface area contributed by atoms with Gasteiger partial charge in [0.2, 0.25) is 0 Å². The molecule has 16 heavy (non-hydrogen) atoms. The lowest BCUT2D eigenvalue weighted by Gasteiger charge is -2.08. The fourth-order valence-electron chi connectivity index (χ4n) is 0.944. The Bertz CT molecular complexity index is 342. The van der Waals surface area contributed by atoms with Crippen molar-refractivity contribution in [2.45, 2.75) is 38.2 Å². The van der Waals surface area contributed by atoms with Gasteiger partial charge in [-0.15, -0.1) is 0 Å². The van der Waals surface area contributed by atoms with E-state index in [2.05, 4.69) is 14.7 Å². The van der Waals surface area contributed by atoms with Gasteiger partial charge in [0.15, 0.2) is 5.82 Å². The molecular weight excluding hydrogens is 230 g/mol. The van der Waals surface area contributed by atoms with Crippen molar-refractivity contribution in [3.63, 3.8) is 0 Å². The topological polar surface area (TPSA) is 64.9 Å². The monoisotopic (exact) mass is 241 g/mol. The lowest BCUT2D eigenvalue weighted by molar-refractivity contribution is -0.152. The fourth-order valence-corrected chi connectivity index (χ4v) is 0.944. The summed E-state index contributed by atoms with van der Waals surface area (Å²) >= 11 is 0. The number of nitrogens with two attached hydrogens (primary N) is 1. The minimum atomic E-state index is -4.42. The highest BCUT2D eigenvalue weighted by Crippen LogP contribution is 2.33. The molecule has 8 heteroatoms. The third kappa shape index (κ3) is 2.69. The number of rotatable bonds is 5. The number of hydrogen-bond donors (Lipinski definition) is 1. The average molecular weight is 241 g/mol. The van der Waals surface area contributed by atoms with Crippen molar-refractivity contribution in [2.75, 3.05) is 0 Å². The van der Waals surface area contributed by atoms with Gasteiger partial charge >= 0.3 is 18.2 Å². The Morgan fingerprint density at radius 1 is 1.44 bits per heavy atom. The van der Waals surface area contributed by atoms with Gasteiger partial charge in [0, 0.05) is 12.5 Å². The Morgan fingerprint density at radius 2 is 2.06 bits per heavy atom. The minimum Gasteiger partial charge on any atom is -0.332 e. The highest BCUT2D eigenvalue weighted by atomic mass is 19.3. The summed E-state index contributed by atoms with van der Waals surface area (Å²) in [4.78, 5) is 3.20. The van der Waals surface area contributed by atoms with E-state index in [-0.39, 0.29) is 18.3 Å². The van der Waals surface area contributed by atoms with E-state index in [1.807, 2.05) is 0 Å². The molecule has 0 fully saturated rings. The zero-order chi connectivity index (χ0) is 12.3. The summed E-state index contributed by atoms with van der Waals surface area (Å²) in [6.45, 7) is 1.79. The Kier molecular flexibility index (Phi) is 3.84. The summed E-state index contributed by atoms with van der Waals surface area (Å²) in [5.41, 5.74) is 5.53. The molecule has 1 rings (SSSR count). The second kappa shape index (κ2) is 4.77. The molecule has 0 aliphatic rings. The normalized spacial score (nSPS) is 14.4. The van der Waals surface area contributed by atoms with Crippen LogP contribution in [-0.2, 0) is 12.3 Å². The average Bonchev–Trinajstić information content (AvgIpc) is 2.66. The molecule has 2 N–H and O–H groups in total. The summed E-state index contributed by atoms with van der Waals surface area (Å²) in [7, 11) is 0. The van der Waals surface area contributed by atoms with Gasteiger partial charge in [-0.05, 0) is 6.42 Å². The van der Waals surface area contributed by atoms with Crippen LogP contribution >= 0.6 is 0 Å². The van der Waals surface area contributed by atoms with Gasteiger partial charge in [-0.1, -0.05) is 12.1 Å². The quantitative estimate of drug-likeness (QED) is 0.797. The Morgan fingerprint density at radius 3 is 2.56 bits per heavy atom. The molecule has 0 saturated carbocycles. The zero-order valence-electron chi connectivity index (χ0n) is 8.46. The standard InChI is InChI=1S/C8H11F4N3O/c1-2-4(13)3-5-14-7(16-15-5)8(11,12)6(9)10/h4,6H,2-3,13H2,1H3. The highest BCUT2D eigenvalue weighted by molar-refractivity contribution is 4.96. The van der Waals surface area contributed by atoms with Crippen LogP contribution < -0.4 is 5.73 Å². The molecule has 0 bridgehead atoms. The van der Waals surface area contributed by atoms with Crippen LogP contribution in [0.15, 0.2) is 4.52 Å². The molecular formula is C8H11F4N3O. The maximum Gasteiger partial charge on any atom is 0.383 e. The van der Waals surface area contributed by atoms with Crippen LogP contribution in [0, 0.1) is 0 Å². The Balaban J connectivity index is 2.79. The molecule has 0 spiro atoms. The minimum absolute atomic E-state index is 0.0929. The number of nitrogens with zero attached hydrogens (tertiary/aromatic N) is 2. The van der Waals surface area contributed by atoms with Crippen LogP contribution in [0.5, 0.6) is 0 Å². The summed E-state index contributed by atoms with van der Waals surface area (Å²) in [5.74, 6) is -5.88. The van der Waals surface area contributed by atoms with E-state index in [9.17, 15) is 17.6 Å². The van der Waals surface area contributed by atoms with E-state index in [1.165, 1.54) is 0 Å². The second-order valence-corrected chi connectivity index (χ2v) is 3.31. The number of halogens is 4. The zero-order valence-corrected chi connectivity index (χ0v) is 8.46. The third-order valence-corrected chi connectivity index (χ3v) is 2.00. The summed E-state index contributed by atoms with van der Waals surface area (Å²) < 4.78 is 53.4. The predicted molar refractivity (Wildman–Crippen MR) is 46.2 cm³/mol. The van der Waals surface area contributed by atoms with Crippen molar-refractivity contribution in [3.8, 4) is 0 Å². The lowest BCUT2D eigenvalue weighted by Crippen LogP contribution is -2.25. The molecule has 1 aromatic rings. The third-order valence-electron chi connectivity index (χ3n) is 2.00. The maximum absolute atomic E-state index is 12.7. The van der Waals surface area contributed by atoms with Gasteiger partial charge in [0.05, 0.1) is 0 Å². The van der Waals surface area contributed by atoms with Gasteiger partial charge in [-0.25, -0.2) is 8.78 Å².